The van der Waals surface area contributed by atoms with Crippen LogP contribution in [0.5, 0.6) is 0 Å². The fourth-order valence-corrected chi connectivity index (χ4v) is 2.77. The van der Waals surface area contributed by atoms with Gasteiger partial charge in [-0.15, -0.1) is 0 Å². The Balaban J connectivity index is 1.73. The second kappa shape index (κ2) is 9.28. The molecule has 0 saturated heterocycles. The summed E-state index contributed by atoms with van der Waals surface area (Å²) in [5.74, 6) is -0.371. The first-order valence-corrected chi connectivity index (χ1v) is 8.94. The number of pyridine rings is 1. The summed E-state index contributed by atoms with van der Waals surface area (Å²) in [7, 11) is 1.59. The van der Waals surface area contributed by atoms with Crippen molar-refractivity contribution < 1.29 is 9.59 Å². The average molecular weight is 371 g/mol. The van der Waals surface area contributed by atoms with E-state index in [2.05, 4.69) is 15.6 Å². The molecule has 1 atom stereocenters. The zero-order chi connectivity index (χ0) is 19.8. The normalized spacial score (nSPS) is 11.8. The van der Waals surface area contributed by atoms with Crippen molar-refractivity contribution in [2.75, 3.05) is 7.05 Å². The Hall–Kier alpha value is -3.73. The van der Waals surface area contributed by atoms with Gasteiger partial charge in [-0.1, -0.05) is 48.5 Å². The van der Waals surface area contributed by atoms with E-state index in [-0.39, 0.29) is 17.9 Å². The molecule has 0 bridgehead atoms. The molecule has 1 heterocycles. The highest BCUT2D eigenvalue weighted by Gasteiger charge is 2.16. The van der Waals surface area contributed by atoms with Crippen molar-refractivity contribution in [3.8, 4) is 0 Å². The minimum absolute atomic E-state index is 0.144. The van der Waals surface area contributed by atoms with Crippen LogP contribution in [0.2, 0.25) is 0 Å². The van der Waals surface area contributed by atoms with E-state index in [1.54, 1.807) is 43.6 Å². The Labute approximate surface area is 164 Å². The van der Waals surface area contributed by atoms with Crippen LogP contribution in [-0.2, 0) is 4.79 Å². The van der Waals surface area contributed by atoms with Crippen LogP contribution in [0, 0.1) is 0 Å². The maximum absolute atomic E-state index is 12.5. The Kier molecular flexibility index (Phi) is 6.31. The van der Waals surface area contributed by atoms with Crippen molar-refractivity contribution in [1.82, 2.24) is 15.6 Å². The van der Waals surface area contributed by atoms with Gasteiger partial charge >= 0.3 is 0 Å². The van der Waals surface area contributed by atoms with Crippen LogP contribution < -0.4 is 10.6 Å². The molecule has 2 N–H and O–H groups in total. The molecule has 0 radical (unpaired) electrons. The van der Waals surface area contributed by atoms with Crippen LogP contribution in [0.1, 0.15) is 33.2 Å². The van der Waals surface area contributed by atoms with Gasteiger partial charge in [0.25, 0.3) is 5.91 Å². The average Bonchev–Trinajstić information content (AvgIpc) is 2.77. The van der Waals surface area contributed by atoms with Crippen molar-refractivity contribution in [2.45, 2.75) is 6.04 Å². The van der Waals surface area contributed by atoms with Crippen molar-refractivity contribution in [3.63, 3.8) is 0 Å². The van der Waals surface area contributed by atoms with Crippen molar-refractivity contribution in [3.05, 3.63) is 107 Å². The molecule has 3 aromatic rings. The number of rotatable bonds is 6. The number of benzene rings is 2. The monoisotopic (exact) mass is 371 g/mol. The molecule has 0 aliphatic heterocycles. The van der Waals surface area contributed by atoms with Crippen molar-refractivity contribution in [2.24, 2.45) is 0 Å². The van der Waals surface area contributed by atoms with Gasteiger partial charge in [0.15, 0.2) is 0 Å². The van der Waals surface area contributed by atoms with E-state index in [0.717, 1.165) is 16.8 Å². The lowest BCUT2D eigenvalue weighted by Gasteiger charge is -2.17. The summed E-state index contributed by atoms with van der Waals surface area (Å²) >= 11 is 0. The van der Waals surface area contributed by atoms with Crippen LogP contribution in [0.4, 0.5) is 0 Å². The van der Waals surface area contributed by atoms with Gasteiger partial charge in [-0.25, -0.2) is 0 Å². The molecule has 28 heavy (non-hydrogen) atoms. The third-order valence-corrected chi connectivity index (χ3v) is 4.23. The standard InChI is InChI=1S/C23H21N3O2/c1-24-23(28)19-13-10-17(11-14-19)12-15-21(27)26-22(18-7-3-2-4-8-18)20-9-5-6-16-25-20/h2-16,22H,1H3,(H,24,28)(H,26,27)/b15-12+. The molecule has 5 heteroatoms. The molecule has 5 nitrogen and oxygen atoms in total. The number of amides is 2. The smallest absolute Gasteiger partial charge is 0.251 e. The van der Waals surface area contributed by atoms with Gasteiger partial charge in [-0.05, 0) is 41.5 Å². The second-order valence-electron chi connectivity index (χ2n) is 6.14. The summed E-state index contributed by atoms with van der Waals surface area (Å²) in [6.07, 6.45) is 4.90. The zero-order valence-corrected chi connectivity index (χ0v) is 15.5. The quantitative estimate of drug-likeness (QED) is 0.653. The predicted molar refractivity (Wildman–Crippen MR) is 110 cm³/mol. The molecule has 0 aliphatic rings. The number of nitrogens with one attached hydrogen (secondary N) is 2. The molecule has 0 saturated carbocycles. The molecule has 1 unspecified atom stereocenters. The van der Waals surface area contributed by atoms with E-state index in [1.165, 1.54) is 6.08 Å². The van der Waals surface area contributed by atoms with E-state index in [9.17, 15) is 9.59 Å². The van der Waals surface area contributed by atoms with Gasteiger partial charge in [0.05, 0.1) is 11.7 Å². The van der Waals surface area contributed by atoms with E-state index in [4.69, 9.17) is 0 Å². The Bertz CT molecular complexity index is 913. The van der Waals surface area contributed by atoms with Crippen LogP contribution in [-0.4, -0.2) is 23.8 Å². The zero-order valence-electron chi connectivity index (χ0n) is 15.5. The number of hydrogen-bond acceptors (Lipinski definition) is 3. The summed E-state index contributed by atoms with van der Waals surface area (Å²) in [5.41, 5.74) is 3.13. The van der Waals surface area contributed by atoms with E-state index in [0.29, 0.717) is 5.56 Å². The lowest BCUT2D eigenvalue weighted by molar-refractivity contribution is -0.116. The molecule has 2 aromatic carbocycles. The third kappa shape index (κ3) is 4.92. The lowest BCUT2D eigenvalue weighted by Crippen LogP contribution is -2.28. The number of carbonyl (C=O) groups excluding carboxylic acids is 2. The van der Waals surface area contributed by atoms with Crippen LogP contribution in [0.3, 0.4) is 0 Å². The lowest BCUT2D eigenvalue weighted by atomic mass is 10.0. The molecule has 0 spiro atoms. The predicted octanol–water partition coefficient (Wildman–Crippen LogP) is 3.36. The molecular formula is C23H21N3O2. The third-order valence-electron chi connectivity index (χ3n) is 4.23. The summed E-state index contributed by atoms with van der Waals surface area (Å²) in [5, 5.41) is 5.58. The first-order valence-electron chi connectivity index (χ1n) is 8.94. The fraction of sp³-hybridized carbons (Fsp3) is 0.0870. The highest BCUT2D eigenvalue weighted by molar-refractivity contribution is 5.95. The van der Waals surface area contributed by atoms with E-state index >= 15 is 0 Å². The molecule has 140 valence electrons. The molecule has 1 aromatic heterocycles. The molecule has 0 aliphatic carbocycles. The minimum Gasteiger partial charge on any atom is -0.355 e. The summed E-state index contributed by atoms with van der Waals surface area (Å²) in [6.45, 7) is 0. The van der Waals surface area contributed by atoms with Gasteiger partial charge in [0.1, 0.15) is 0 Å². The highest BCUT2D eigenvalue weighted by atomic mass is 16.2. The van der Waals surface area contributed by atoms with E-state index < -0.39 is 0 Å². The number of aromatic nitrogens is 1. The first-order chi connectivity index (χ1) is 13.7. The fourth-order valence-electron chi connectivity index (χ4n) is 2.77. The van der Waals surface area contributed by atoms with Crippen LogP contribution in [0.25, 0.3) is 6.08 Å². The topological polar surface area (TPSA) is 71.1 Å². The molecule has 3 rings (SSSR count). The van der Waals surface area contributed by atoms with Crippen LogP contribution in [0.15, 0.2) is 85.1 Å². The first kappa shape index (κ1) is 19.0. The van der Waals surface area contributed by atoms with Gasteiger partial charge in [-0.3, -0.25) is 14.6 Å². The SMILES string of the molecule is CNC(=O)c1ccc(/C=C/C(=O)NC(c2ccccc2)c2ccccn2)cc1. The Morgan fingerprint density at radius 1 is 0.929 bits per heavy atom. The highest BCUT2D eigenvalue weighted by Crippen LogP contribution is 2.20. The van der Waals surface area contributed by atoms with Gasteiger partial charge < -0.3 is 10.6 Å². The number of hydrogen-bond donors (Lipinski definition) is 2. The maximum atomic E-state index is 12.5. The maximum Gasteiger partial charge on any atom is 0.251 e. The second-order valence-corrected chi connectivity index (χ2v) is 6.14. The largest absolute Gasteiger partial charge is 0.355 e. The molecular weight excluding hydrogens is 350 g/mol. The van der Waals surface area contributed by atoms with Crippen LogP contribution >= 0.6 is 0 Å². The Morgan fingerprint density at radius 2 is 1.64 bits per heavy atom. The minimum atomic E-state index is -0.338. The summed E-state index contributed by atoms with van der Waals surface area (Å²) < 4.78 is 0. The molecule has 2 amide bonds. The summed E-state index contributed by atoms with van der Waals surface area (Å²) in [4.78, 5) is 28.5. The number of carbonyl (C=O) groups is 2. The summed E-state index contributed by atoms with van der Waals surface area (Å²) in [6, 6.07) is 22.0. The van der Waals surface area contributed by atoms with Crippen molar-refractivity contribution >= 4 is 17.9 Å². The Morgan fingerprint density at radius 3 is 2.29 bits per heavy atom. The molecule has 0 fully saturated rings. The van der Waals surface area contributed by atoms with Gasteiger partial charge in [0.2, 0.25) is 5.91 Å². The van der Waals surface area contributed by atoms with Gasteiger partial charge in [0, 0.05) is 24.9 Å². The van der Waals surface area contributed by atoms with Crippen molar-refractivity contribution in [1.29, 1.82) is 0 Å². The van der Waals surface area contributed by atoms with E-state index in [1.807, 2.05) is 48.5 Å². The van der Waals surface area contributed by atoms with Gasteiger partial charge in [-0.2, -0.15) is 0 Å². The number of nitrogens with zero attached hydrogens (tertiary/aromatic N) is 1.